The molecule has 0 spiro atoms. The van der Waals surface area contributed by atoms with Gasteiger partial charge in [-0.15, -0.1) is 0 Å². The third-order valence-electron chi connectivity index (χ3n) is 4.04. The standard InChI is InChI=1S/C13H18N2/c14-10-7-13(15,8-10)12-6-11(12)9-4-2-1-3-5-9/h1-5,10-12H,6-8,14-15H2/t10?,11-,12+,13?/m0/s1. The Bertz CT molecular complexity index is 354. The van der Waals surface area contributed by atoms with Crippen molar-refractivity contribution in [1.82, 2.24) is 0 Å². The molecule has 0 heterocycles. The highest BCUT2D eigenvalue weighted by Crippen LogP contribution is 2.57. The van der Waals surface area contributed by atoms with E-state index in [0.29, 0.717) is 17.9 Å². The van der Waals surface area contributed by atoms with Gasteiger partial charge in [-0.3, -0.25) is 0 Å². The zero-order chi connectivity index (χ0) is 10.5. The van der Waals surface area contributed by atoms with Crippen molar-refractivity contribution in [1.29, 1.82) is 0 Å². The van der Waals surface area contributed by atoms with Crippen LogP contribution in [0.2, 0.25) is 0 Å². The van der Waals surface area contributed by atoms with Crippen LogP contribution in [0.4, 0.5) is 0 Å². The lowest BCUT2D eigenvalue weighted by Gasteiger charge is -2.44. The smallest absolute Gasteiger partial charge is 0.0218 e. The molecule has 2 aliphatic carbocycles. The summed E-state index contributed by atoms with van der Waals surface area (Å²) in [4.78, 5) is 0. The quantitative estimate of drug-likeness (QED) is 0.765. The summed E-state index contributed by atoms with van der Waals surface area (Å²) in [6.07, 6.45) is 3.29. The van der Waals surface area contributed by atoms with E-state index in [4.69, 9.17) is 11.5 Å². The second kappa shape index (κ2) is 3.06. The molecule has 4 N–H and O–H groups in total. The van der Waals surface area contributed by atoms with Gasteiger partial charge in [-0.25, -0.2) is 0 Å². The zero-order valence-corrected chi connectivity index (χ0v) is 8.89. The monoisotopic (exact) mass is 202 g/mol. The summed E-state index contributed by atoms with van der Waals surface area (Å²) < 4.78 is 0. The maximum absolute atomic E-state index is 6.35. The van der Waals surface area contributed by atoms with Crippen LogP contribution in [0.15, 0.2) is 30.3 Å². The van der Waals surface area contributed by atoms with E-state index in [1.54, 1.807) is 0 Å². The van der Waals surface area contributed by atoms with Gasteiger partial charge in [0.05, 0.1) is 0 Å². The van der Waals surface area contributed by atoms with Crippen molar-refractivity contribution >= 4 is 0 Å². The Hall–Kier alpha value is -0.860. The molecule has 0 bridgehead atoms. The maximum atomic E-state index is 6.35. The minimum absolute atomic E-state index is 0.0555. The lowest BCUT2D eigenvalue weighted by atomic mass is 9.70. The summed E-state index contributed by atoms with van der Waals surface area (Å²) in [6.45, 7) is 0. The fourth-order valence-electron chi connectivity index (χ4n) is 3.12. The molecule has 0 saturated heterocycles. The molecule has 0 unspecified atom stereocenters. The highest BCUT2D eigenvalue weighted by Gasteiger charge is 2.55. The van der Waals surface area contributed by atoms with Crippen LogP contribution < -0.4 is 11.5 Å². The summed E-state index contributed by atoms with van der Waals surface area (Å²) >= 11 is 0. The Labute approximate surface area is 90.7 Å². The van der Waals surface area contributed by atoms with E-state index in [0.717, 1.165) is 12.8 Å². The van der Waals surface area contributed by atoms with Gasteiger partial charge in [0, 0.05) is 11.6 Å². The fourth-order valence-corrected chi connectivity index (χ4v) is 3.12. The molecule has 0 amide bonds. The Morgan fingerprint density at radius 2 is 1.80 bits per heavy atom. The highest BCUT2D eigenvalue weighted by molar-refractivity contribution is 5.29. The summed E-state index contributed by atoms with van der Waals surface area (Å²) in [5, 5.41) is 0. The average molecular weight is 202 g/mol. The number of hydrogen-bond donors (Lipinski definition) is 2. The van der Waals surface area contributed by atoms with Gasteiger partial charge < -0.3 is 11.5 Å². The molecule has 2 saturated carbocycles. The lowest BCUT2D eigenvalue weighted by Crippen LogP contribution is -2.59. The molecule has 80 valence electrons. The van der Waals surface area contributed by atoms with Gasteiger partial charge in [0.1, 0.15) is 0 Å². The molecular formula is C13H18N2. The summed E-state index contributed by atoms with van der Waals surface area (Å²) in [5.41, 5.74) is 13.7. The molecule has 1 aromatic rings. The van der Waals surface area contributed by atoms with Crippen LogP contribution in [0.3, 0.4) is 0 Å². The molecule has 2 atom stereocenters. The Kier molecular flexibility index (Phi) is 1.91. The van der Waals surface area contributed by atoms with Crippen LogP contribution >= 0.6 is 0 Å². The van der Waals surface area contributed by atoms with Crippen molar-refractivity contribution in [3.8, 4) is 0 Å². The fraction of sp³-hybridized carbons (Fsp3) is 0.538. The van der Waals surface area contributed by atoms with Crippen molar-refractivity contribution in [3.63, 3.8) is 0 Å². The molecule has 2 heteroatoms. The van der Waals surface area contributed by atoms with Crippen LogP contribution in [0.25, 0.3) is 0 Å². The van der Waals surface area contributed by atoms with Crippen molar-refractivity contribution in [2.45, 2.75) is 36.8 Å². The SMILES string of the molecule is NC1CC(N)([C@@H]2C[C@H]2c2ccccc2)C1. The Morgan fingerprint density at radius 1 is 1.13 bits per heavy atom. The molecule has 0 radical (unpaired) electrons. The third kappa shape index (κ3) is 1.48. The largest absolute Gasteiger partial charge is 0.328 e. The zero-order valence-electron chi connectivity index (χ0n) is 8.89. The van der Waals surface area contributed by atoms with E-state index in [1.807, 2.05) is 0 Å². The van der Waals surface area contributed by atoms with Crippen molar-refractivity contribution in [2.24, 2.45) is 17.4 Å². The molecule has 3 rings (SSSR count). The molecule has 2 aliphatic rings. The van der Waals surface area contributed by atoms with Crippen molar-refractivity contribution in [2.75, 3.05) is 0 Å². The Morgan fingerprint density at radius 3 is 2.40 bits per heavy atom. The highest BCUT2D eigenvalue weighted by atomic mass is 14.9. The first-order valence-electron chi connectivity index (χ1n) is 5.78. The van der Waals surface area contributed by atoms with Crippen LogP contribution in [-0.4, -0.2) is 11.6 Å². The number of rotatable bonds is 2. The number of benzene rings is 1. The third-order valence-corrected chi connectivity index (χ3v) is 4.04. The molecular weight excluding hydrogens is 184 g/mol. The molecule has 2 fully saturated rings. The Balaban J connectivity index is 1.70. The van der Waals surface area contributed by atoms with Crippen molar-refractivity contribution < 1.29 is 0 Å². The van der Waals surface area contributed by atoms with E-state index in [1.165, 1.54) is 12.0 Å². The van der Waals surface area contributed by atoms with Gasteiger partial charge in [0.15, 0.2) is 0 Å². The van der Waals surface area contributed by atoms with E-state index in [9.17, 15) is 0 Å². The van der Waals surface area contributed by atoms with Gasteiger partial charge in [-0.05, 0) is 36.7 Å². The second-order valence-electron chi connectivity index (χ2n) is 5.26. The minimum Gasteiger partial charge on any atom is -0.328 e. The normalized spacial score (nSPS) is 43.5. The van der Waals surface area contributed by atoms with Crippen molar-refractivity contribution in [3.05, 3.63) is 35.9 Å². The molecule has 0 aromatic heterocycles. The molecule has 1 aromatic carbocycles. The first-order valence-corrected chi connectivity index (χ1v) is 5.78. The van der Waals surface area contributed by atoms with Gasteiger partial charge >= 0.3 is 0 Å². The van der Waals surface area contributed by atoms with Gasteiger partial charge in [0.2, 0.25) is 0 Å². The summed E-state index contributed by atoms with van der Waals surface area (Å²) in [7, 11) is 0. The van der Waals surface area contributed by atoms with E-state index >= 15 is 0 Å². The average Bonchev–Trinajstić information content (AvgIpc) is 2.97. The predicted octanol–water partition coefficient (Wildman–Crippen LogP) is 1.61. The predicted molar refractivity (Wildman–Crippen MR) is 61.4 cm³/mol. The van der Waals surface area contributed by atoms with Crippen LogP contribution in [0.5, 0.6) is 0 Å². The lowest BCUT2D eigenvalue weighted by molar-refractivity contribution is 0.176. The number of nitrogens with two attached hydrogens (primary N) is 2. The second-order valence-corrected chi connectivity index (χ2v) is 5.26. The number of hydrogen-bond acceptors (Lipinski definition) is 2. The van der Waals surface area contributed by atoms with E-state index < -0.39 is 0 Å². The topological polar surface area (TPSA) is 52.0 Å². The van der Waals surface area contributed by atoms with E-state index in [2.05, 4.69) is 30.3 Å². The van der Waals surface area contributed by atoms with Gasteiger partial charge in [-0.2, -0.15) is 0 Å². The first-order chi connectivity index (χ1) is 7.19. The van der Waals surface area contributed by atoms with Gasteiger partial charge in [0.25, 0.3) is 0 Å². The van der Waals surface area contributed by atoms with E-state index in [-0.39, 0.29) is 5.54 Å². The maximum Gasteiger partial charge on any atom is 0.0218 e. The molecule has 15 heavy (non-hydrogen) atoms. The first kappa shape index (κ1) is 9.37. The minimum atomic E-state index is 0.0555. The van der Waals surface area contributed by atoms with Crippen LogP contribution in [0, 0.1) is 5.92 Å². The van der Waals surface area contributed by atoms with Gasteiger partial charge in [-0.1, -0.05) is 30.3 Å². The summed E-state index contributed by atoms with van der Waals surface area (Å²) in [6, 6.07) is 11.1. The van der Waals surface area contributed by atoms with Crippen LogP contribution in [0.1, 0.15) is 30.7 Å². The molecule has 0 aliphatic heterocycles. The summed E-state index contributed by atoms with van der Waals surface area (Å²) in [5.74, 6) is 1.38. The molecule has 2 nitrogen and oxygen atoms in total. The van der Waals surface area contributed by atoms with Crippen LogP contribution in [-0.2, 0) is 0 Å².